The topological polar surface area (TPSA) is 51.5 Å². The average molecular weight is 552 g/mol. The molecule has 4 aromatic rings. The van der Waals surface area contributed by atoms with Crippen LogP contribution in [-0.4, -0.2) is 26.8 Å². The molecule has 0 N–H and O–H groups in total. The number of benzene rings is 3. The summed E-state index contributed by atoms with van der Waals surface area (Å²) in [6, 6.07) is 27.4. The van der Waals surface area contributed by atoms with E-state index in [1.165, 1.54) is 11.1 Å². The van der Waals surface area contributed by atoms with Gasteiger partial charge in [0.2, 0.25) is 5.78 Å². The molecule has 0 saturated carbocycles. The molecule has 5 nitrogen and oxygen atoms in total. The Morgan fingerprint density at radius 2 is 1.43 bits per heavy atom. The average Bonchev–Trinajstić information content (AvgIpc) is 3.38. The second kappa shape index (κ2) is 9.25. The third kappa shape index (κ3) is 4.21. The number of ketones is 1. The van der Waals surface area contributed by atoms with Crippen LogP contribution in [0.1, 0.15) is 38.8 Å². The number of nitrogens with zero attached hydrogens (tertiary/aromatic N) is 2. The van der Waals surface area contributed by atoms with Crippen LogP contribution in [0, 0.1) is 0 Å². The van der Waals surface area contributed by atoms with Crippen LogP contribution in [0.25, 0.3) is 11.1 Å². The molecule has 1 aliphatic carbocycles. The van der Waals surface area contributed by atoms with Crippen molar-refractivity contribution in [1.82, 2.24) is 4.57 Å². The molecular weight excluding hydrogens is 531 g/mol. The molecule has 186 valence electrons. The van der Waals surface area contributed by atoms with E-state index in [2.05, 4.69) is 24.3 Å². The zero-order valence-electron chi connectivity index (χ0n) is 19.5. The molecule has 0 unspecified atom stereocenters. The molecule has 0 bridgehead atoms. The first-order chi connectivity index (χ1) is 17.8. The number of para-hydroxylation sites is 1. The van der Waals surface area contributed by atoms with Crippen molar-refractivity contribution >= 4 is 52.4 Å². The minimum Gasteiger partial charge on any atom is -0.448 e. The van der Waals surface area contributed by atoms with E-state index in [1.807, 2.05) is 48.5 Å². The molecule has 2 heterocycles. The van der Waals surface area contributed by atoms with Gasteiger partial charge in [-0.15, -0.1) is 0 Å². The van der Waals surface area contributed by atoms with Crippen molar-refractivity contribution < 1.29 is 14.3 Å². The first-order valence-electron chi connectivity index (χ1n) is 11.8. The number of ether oxygens (including phenoxy) is 1. The SMILES string of the molecule is O=C(OCC1c2ccccc2-c2ccccc21)N1Cc2ccc(C(=O)C(Cl)(Cl)Cl)n2Cc2ccccc21. The van der Waals surface area contributed by atoms with Gasteiger partial charge in [-0.2, -0.15) is 0 Å². The van der Waals surface area contributed by atoms with E-state index in [1.54, 1.807) is 21.6 Å². The van der Waals surface area contributed by atoms with Crippen molar-refractivity contribution in [3.05, 3.63) is 113 Å². The van der Waals surface area contributed by atoms with Gasteiger partial charge in [-0.1, -0.05) is 102 Å². The largest absolute Gasteiger partial charge is 0.448 e. The van der Waals surface area contributed by atoms with Crippen molar-refractivity contribution in [1.29, 1.82) is 0 Å². The third-order valence-corrected chi connectivity index (χ3v) is 7.56. The molecule has 0 saturated heterocycles. The van der Waals surface area contributed by atoms with Gasteiger partial charge in [0.1, 0.15) is 6.61 Å². The zero-order valence-corrected chi connectivity index (χ0v) is 21.8. The van der Waals surface area contributed by atoms with Crippen molar-refractivity contribution in [2.24, 2.45) is 0 Å². The van der Waals surface area contributed by atoms with Crippen LogP contribution in [0.4, 0.5) is 10.5 Å². The number of fused-ring (bicyclic) bond motifs is 5. The summed E-state index contributed by atoms with van der Waals surface area (Å²) in [7, 11) is 0. The first kappa shape index (κ1) is 24.1. The van der Waals surface area contributed by atoms with Gasteiger partial charge in [-0.05, 0) is 46.0 Å². The summed E-state index contributed by atoms with van der Waals surface area (Å²) in [5.74, 6) is -0.660. The van der Waals surface area contributed by atoms with Gasteiger partial charge in [0.15, 0.2) is 0 Å². The minimum atomic E-state index is -2.08. The Hall–Kier alpha value is -3.25. The fourth-order valence-electron chi connectivity index (χ4n) is 5.34. The number of Topliss-reactive ketones (excluding diaryl/α,β-unsaturated/α-hetero) is 1. The van der Waals surface area contributed by atoms with E-state index in [9.17, 15) is 9.59 Å². The maximum atomic E-state index is 13.6. The summed E-state index contributed by atoms with van der Waals surface area (Å²) >= 11 is 17.7. The van der Waals surface area contributed by atoms with Gasteiger partial charge >= 0.3 is 6.09 Å². The summed E-state index contributed by atoms with van der Waals surface area (Å²) in [5, 5.41) is 0. The smallest absolute Gasteiger partial charge is 0.414 e. The van der Waals surface area contributed by atoms with Gasteiger partial charge in [0.05, 0.1) is 24.5 Å². The number of halogens is 3. The molecule has 2 aliphatic rings. The second-order valence-corrected chi connectivity index (χ2v) is 11.4. The Morgan fingerprint density at radius 1 is 0.811 bits per heavy atom. The third-order valence-electron chi connectivity index (χ3n) is 7.05. The predicted molar refractivity (Wildman–Crippen MR) is 146 cm³/mol. The fraction of sp³-hybridized carbons (Fsp3) is 0.172. The monoisotopic (exact) mass is 550 g/mol. The number of aromatic nitrogens is 1. The lowest BCUT2D eigenvalue weighted by molar-refractivity contribution is 0.0987. The van der Waals surface area contributed by atoms with Crippen LogP contribution in [0.15, 0.2) is 84.9 Å². The van der Waals surface area contributed by atoms with Crippen molar-refractivity contribution in [3.8, 4) is 11.1 Å². The van der Waals surface area contributed by atoms with E-state index < -0.39 is 15.7 Å². The van der Waals surface area contributed by atoms with Gasteiger partial charge in [-0.25, -0.2) is 4.79 Å². The molecule has 0 atom stereocenters. The zero-order chi connectivity index (χ0) is 25.7. The van der Waals surface area contributed by atoms with Gasteiger partial charge < -0.3 is 9.30 Å². The molecule has 37 heavy (non-hydrogen) atoms. The van der Waals surface area contributed by atoms with Gasteiger partial charge in [0, 0.05) is 11.6 Å². The van der Waals surface area contributed by atoms with E-state index in [4.69, 9.17) is 39.5 Å². The summed E-state index contributed by atoms with van der Waals surface area (Å²) in [6.07, 6.45) is -0.460. The Labute approximate surface area is 229 Å². The maximum Gasteiger partial charge on any atom is 0.414 e. The molecule has 0 radical (unpaired) electrons. The van der Waals surface area contributed by atoms with E-state index in [0.717, 1.165) is 28.1 Å². The van der Waals surface area contributed by atoms with Gasteiger partial charge in [-0.3, -0.25) is 9.69 Å². The van der Waals surface area contributed by atoms with E-state index in [-0.39, 0.29) is 24.8 Å². The van der Waals surface area contributed by atoms with Crippen LogP contribution in [-0.2, 0) is 17.8 Å². The highest BCUT2D eigenvalue weighted by Gasteiger charge is 2.36. The maximum absolute atomic E-state index is 13.6. The van der Waals surface area contributed by atoms with Crippen molar-refractivity contribution in [3.63, 3.8) is 0 Å². The van der Waals surface area contributed by atoms with Crippen LogP contribution in [0.3, 0.4) is 0 Å². The molecule has 1 aromatic heterocycles. The summed E-state index contributed by atoms with van der Waals surface area (Å²) in [6.45, 7) is 0.776. The van der Waals surface area contributed by atoms with Gasteiger partial charge in [0.25, 0.3) is 3.79 Å². The number of carbonyl (C=O) groups is 2. The molecule has 1 aliphatic heterocycles. The number of carbonyl (C=O) groups excluding carboxylic acids is 2. The highest BCUT2D eigenvalue weighted by Crippen LogP contribution is 2.44. The first-order valence-corrected chi connectivity index (χ1v) is 13.0. The Balaban J connectivity index is 1.30. The molecule has 8 heteroatoms. The summed E-state index contributed by atoms with van der Waals surface area (Å²) in [4.78, 5) is 27.9. The summed E-state index contributed by atoms with van der Waals surface area (Å²) in [5.41, 5.74) is 7.22. The fourth-order valence-corrected chi connectivity index (χ4v) is 5.63. The lowest BCUT2D eigenvalue weighted by atomic mass is 9.98. The Kier molecular flexibility index (Phi) is 6.03. The van der Waals surface area contributed by atoms with Crippen LogP contribution >= 0.6 is 34.8 Å². The molecule has 3 aromatic carbocycles. The number of alkyl halides is 3. The number of amides is 1. The van der Waals surface area contributed by atoms with E-state index >= 15 is 0 Å². The number of hydrogen-bond donors (Lipinski definition) is 0. The molecule has 0 fully saturated rings. The predicted octanol–water partition coefficient (Wildman–Crippen LogP) is 7.36. The number of anilines is 1. The quantitative estimate of drug-likeness (QED) is 0.197. The molecular formula is C29H21Cl3N2O3. The number of rotatable bonds is 3. The normalized spacial score (nSPS) is 14.3. The van der Waals surface area contributed by atoms with E-state index in [0.29, 0.717) is 6.54 Å². The lowest BCUT2D eigenvalue weighted by Gasteiger charge is -2.23. The lowest BCUT2D eigenvalue weighted by Crippen LogP contribution is -2.32. The number of hydrogen-bond acceptors (Lipinski definition) is 3. The Morgan fingerprint density at radius 3 is 2.11 bits per heavy atom. The Bertz CT molecular complexity index is 1490. The van der Waals surface area contributed by atoms with Crippen LogP contribution in [0.5, 0.6) is 0 Å². The standard InChI is InChI=1S/C29H21Cl3N2O3/c30-29(31,32)27(35)26-14-13-19-16-34(25-12-6-1-7-18(25)15-33(19)26)28(36)37-17-24-22-10-4-2-8-20(22)21-9-3-5-11-23(21)24/h1-14,24H,15-17H2. The van der Waals surface area contributed by atoms with Crippen molar-refractivity contribution in [2.45, 2.75) is 22.8 Å². The van der Waals surface area contributed by atoms with Crippen LogP contribution < -0.4 is 4.90 Å². The molecule has 1 amide bonds. The highest BCUT2D eigenvalue weighted by atomic mass is 35.6. The second-order valence-electron chi connectivity index (χ2n) is 9.14. The van der Waals surface area contributed by atoms with Crippen molar-refractivity contribution in [2.75, 3.05) is 11.5 Å². The minimum absolute atomic E-state index is 0.0454. The summed E-state index contributed by atoms with van der Waals surface area (Å²) < 4.78 is 5.68. The van der Waals surface area contributed by atoms with Crippen LogP contribution in [0.2, 0.25) is 0 Å². The molecule has 0 spiro atoms. The highest BCUT2D eigenvalue weighted by molar-refractivity contribution is 6.77. The molecule has 6 rings (SSSR count).